The quantitative estimate of drug-likeness (QED) is 0.531. The normalized spacial score (nSPS) is 15.9. The molecule has 3 aromatic rings. The molecule has 0 spiro atoms. The van der Waals surface area contributed by atoms with Crippen molar-refractivity contribution in [2.75, 3.05) is 33.0 Å². The summed E-state index contributed by atoms with van der Waals surface area (Å²) < 4.78 is 10.9. The molecule has 9 nitrogen and oxygen atoms in total. The van der Waals surface area contributed by atoms with Crippen LogP contribution in [0.5, 0.6) is 11.5 Å². The number of hydrogen-bond donors (Lipinski definition) is 3. The number of ether oxygens (including phenoxy) is 2. The standard InChI is InChI=1S/C21H23N3O2.C2H2O4/c1-2-4-19-18(3-1)17(12-22-19)14-24-9-7-23(8-10-24)13-16-5-6-20-21(11-16)26-15-25-20;3-1(4)2(5)6/h1-6,11-12,22H,7-10,13-15H2;(H,3,4)(H,5,6). The van der Waals surface area contributed by atoms with Gasteiger partial charge in [0.2, 0.25) is 6.79 Å². The monoisotopic (exact) mass is 439 g/mol. The van der Waals surface area contributed by atoms with E-state index < -0.39 is 11.9 Å². The van der Waals surface area contributed by atoms with E-state index in [0.717, 1.165) is 50.8 Å². The second-order valence-electron chi connectivity index (χ2n) is 7.71. The number of hydrogen-bond acceptors (Lipinski definition) is 6. The van der Waals surface area contributed by atoms with Crippen molar-refractivity contribution in [3.63, 3.8) is 0 Å². The van der Waals surface area contributed by atoms with Crippen LogP contribution in [0.2, 0.25) is 0 Å². The third kappa shape index (κ3) is 5.19. The Labute approximate surface area is 184 Å². The van der Waals surface area contributed by atoms with Crippen molar-refractivity contribution in [3.8, 4) is 11.5 Å². The van der Waals surface area contributed by atoms with Crippen molar-refractivity contribution in [3.05, 3.63) is 59.8 Å². The SMILES string of the molecule is O=C(O)C(=O)O.c1ccc2c(CN3CCN(Cc4ccc5c(c4)OCO5)CC3)c[nH]c2c1. The first-order valence-corrected chi connectivity index (χ1v) is 10.3. The van der Waals surface area contributed by atoms with Crippen LogP contribution in [0.25, 0.3) is 10.9 Å². The van der Waals surface area contributed by atoms with E-state index in [9.17, 15) is 0 Å². The van der Waals surface area contributed by atoms with Crippen LogP contribution in [0.3, 0.4) is 0 Å². The van der Waals surface area contributed by atoms with Gasteiger partial charge in [0.1, 0.15) is 0 Å². The third-order valence-electron chi connectivity index (χ3n) is 5.56. The molecule has 2 aliphatic rings. The van der Waals surface area contributed by atoms with Crippen molar-refractivity contribution in [2.45, 2.75) is 13.1 Å². The Morgan fingerprint density at radius 1 is 0.875 bits per heavy atom. The Kier molecular flexibility index (Phi) is 6.58. The molecule has 3 heterocycles. The molecule has 0 aliphatic carbocycles. The number of nitrogens with zero attached hydrogens (tertiary/aromatic N) is 2. The van der Waals surface area contributed by atoms with Gasteiger partial charge in [-0.1, -0.05) is 24.3 Å². The van der Waals surface area contributed by atoms with Crippen molar-refractivity contribution >= 4 is 22.8 Å². The molecule has 1 saturated heterocycles. The van der Waals surface area contributed by atoms with Crippen LogP contribution in [0.1, 0.15) is 11.1 Å². The minimum atomic E-state index is -1.82. The van der Waals surface area contributed by atoms with Gasteiger partial charge in [0.15, 0.2) is 11.5 Å². The zero-order valence-electron chi connectivity index (χ0n) is 17.5. The van der Waals surface area contributed by atoms with Crippen molar-refractivity contribution in [1.82, 2.24) is 14.8 Å². The summed E-state index contributed by atoms with van der Waals surface area (Å²) in [6, 6.07) is 14.8. The Morgan fingerprint density at radius 2 is 1.53 bits per heavy atom. The molecule has 0 radical (unpaired) electrons. The van der Waals surface area contributed by atoms with Gasteiger partial charge < -0.3 is 24.7 Å². The van der Waals surface area contributed by atoms with Gasteiger partial charge in [-0.2, -0.15) is 0 Å². The number of rotatable bonds is 4. The fraction of sp³-hybridized carbons (Fsp3) is 0.304. The van der Waals surface area contributed by atoms with E-state index in [1.807, 2.05) is 6.07 Å². The van der Waals surface area contributed by atoms with Crippen LogP contribution in [-0.4, -0.2) is 69.9 Å². The Balaban J connectivity index is 0.000000363. The molecule has 2 aromatic carbocycles. The molecule has 32 heavy (non-hydrogen) atoms. The summed E-state index contributed by atoms with van der Waals surface area (Å²) in [5.74, 6) is -1.91. The number of fused-ring (bicyclic) bond motifs is 2. The van der Waals surface area contributed by atoms with Crippen molar-refractivity contribution < 1.29 is 29.3 Å². The summed E-state index contributed by atoms with van der Waals surface area (Å²) in [6.45, 7) is 6.71. The summed E-state index contributed by atoms with van der Waals surface area (Å²) in [5.41, 5.74) is 3.91. The number of piperazine rings is 1. The van der Waals surface area contributed by atoms with E-state index >= 15 is 0 Å². The van der Waals surface area contributed by atoms with Crippen LogP contribution in [-0.2, 0) is 22.7 Å². The molecule has 0 bridgehead atoms. The maximum atomic E-state index is 9.10. The average molecular weight is 439 g/mol. The molecular formula is C23H25N3O6. The number of aliphatic carboxylic acids is 2. The number of carboxylic acids is 2. The maximum absolute atomic E-state index is 9.10. The van der Waals surface area contributed by atoms with Crippen LogP contribution in [0.4, 0.5) is 0 Å². The lowest BCUT2D eigenvalue weighted by molar-refractivity contribution is -0.159. The summed E-state index contributed by atoms with van der Waals surface area (Å²) in [7, 11) is 0. The van der Waals surface area contributed by atoms with Crippen LogP contribution < -0.4 is 9.47 Å². The number of benzene rings is 2. The lowest BCUT2D eigenvalue weighted by atomic mass is 10.1. The van der Waals surface area contributed by atoms with Gasteiger partial charge in [-0.3, -0.25) is 9.80 Å². The van der Waals surface area contributed by atoms with E-state index in [1.165, 1.54) is 22.0 Å². The number of nitrogens with one attached hydrogen (secondary N) is 1. The predicted molar refractivity (Wildman–Crippen MR) is 117 cm³/mol. The van der Waals surface area contributed by atoms with Gasteiger partial charge in [0.05, 0.1) is 0 Å². The number of carboxylic acid groups (broad SMARTS) is 2. The van der Waals surface area contributed by atoms with E-state index in [-0.39, 0.29) is 0 Å². The van der Waals surface area contributed by atoms with Gasteiger partial charge >= 0.3 is 11.9 Å². The molecule has 0 unspecified atom stereocenters. The molecule has 1 aromatic heterocycles. The third-order valence-corrected chi connectivity index (χ3v) is 5.56. The highest BCUT2D eigenvalue weighted by Crippen LogP contribution is 2.33. The molecule has 9 heteroatoms. The minimum absolute atomic E-state index is 0.339. The smallest absolute Gasteiger partial charge is 0.414 e. The minimum Gasteiger partial charge on any atom is -0.473 e. The lowest BCUT2D eigenvalue weighted by Gasteiger charge is -2.34. The van der Waals surface area contributed by atoms with Crippen molar-refractivity contribution in [2.24, 2.45) is 0 Å². The van der Waals surface area contributed by atoms with Gasteiger partial charge in [-0.15, -0.1) is 0 Å². The van der Waals surface area contributed by atoms with E-state index in [0.29, 0.717) is 6.79 Å². The molecule has 2 aliphatic heterocycles. The van der Waals surface area contributed by atoms with Crippen molar-refractivity contribution in [1.29, 1.82) is 0 Å². The number of aromatic nitrogens is 1. The second kappa shape index (κ2) is 9.71. The van der Waals surface area contributed by atoms with Crippen LogP contribution >= 0.6 is 0 Å². The summed E-state index contributed by atoms with van der Waals surface area (Å²) in [6.07, 6.45) is 2.16. The molecule has 0 amide bonds. The van der Waals surface area contributed by atoms with Gasteiger partial charge in [0, 0.05) is 56.4 Å². The van der Waals surface area contributed by atoms with E-state index in [1.54, 1.807) is 0 Å². The highest BCUT2D eigenvalue weighted by atomic mass is 16.7. The fourth-order valence-electron chi connectivity index (χ4n) is 3.91. The first-order chi connectivity index (χ1) is 15.5. The molecule has 0 atom stereocenters. The number of H-pyrrole nitrogens is 1. The molecule has 5 rings (SSSR count). The Morgan fingerprint density at radius 3 is 2.25 bits per heavy atom. The Bertz CT molecular complexity index is 1090. The van der Waals surface area contributed by atoms with Crippen LogP contribution in [0, 0.1) is 0 Å². The highest BCUT2D eigenvalue weighted by Gasteiger charge is 2.19. The first-order valence-electron chi connectivity index (χ1n) is 10.3. The zero-order chi connectivity index (χ0) is 22.5. The average Bonchev–Trinajstić information content (AvgIpc) is 3.42. The van der Waals surface area contributed by atoms with E-state index in [4.69, 9.17) is 29.3 Å². The largest absolute Gasteiger partial charge is 0.473 e. The molecule has 1 fully saturated rings. The molecule has 3 N–H and O–H groups in total. The highest BCUT2D eigenvalue weighted by molar-refractivity contribution is 6.27. The lowest BCUT2D eigenvalue weighted by Crippen LogP contribution is -2.45. The first kappa shape index (κ1) is 21.7. The number of carbonyl (C=O) groups is 2. The van der Waals surface area contributed by atoms with Gasteiger partial charge in [-0.25, -0.2) is 9.59 Å². The molecule has 0 saturated carbocycles. The second-order valence-corrected chi connectivity index (χ2v) is 7.71. The molecule has 168 valence electrons. The fourth-order valence-corrected chi connectivity index (χ4v) is 3.91. The predicted octanol–water partition coefficient (Wildman–Crippen LogP) is 2.37. The number of para-hydroxylation sites is 1. The summed E-state index contributed by atoms with van der Waals surface area (Å²) >= 11 is 0. The maximum Gasteiger partial charge on any atom is 0.414 e. The Hall–Kier alpha value is -3.56. The topological polar surface area (TPSA) is 115 Å². The number of aromatic amines is 1. The van der Waals surface area contributed by atoms with E-state index in [2.05, 4.69) is 57.4 Å². The van der Waals surface area contributed by atoms with Gasteiger partial charge in [0.25, 0.3) is 0 Å². The zero-order valence-corrected chi connectivity index (χ0v) is 17.5. The van der Waals surface area contributed by atoms with Crippen LogP contribution in [0.15, 0.2) is 48.7 Å². The van der Waals surface area contributed by atoms with Gasteiger partial charge in [-0.05, 0) is 29.3 Å². The summed E-state index contributed by atoms with van der Waals surface area (Å²) in [4.78, 5) is 26.6. The summed E-state index contributed by atoms with van der Waals surface area (Å²) in [5, 5.41) is 16.1. The molecular weight excluding hydrogens is 414 g/mol.